The van der Waals surface area contributed by atoms with Gasteiger partial charge in [-0.2, -0.15) is 0 Å². The lowest BCUT2D eigenvalue weighted by molar-refractivity contribution is 0.102. The molecule has 0 radical (unpaired) electrons. The Hall–Kier alpha value is -2.54. The number of aromatic hydroxyl groups is 1. The first-order valence-corrected chi connectivity index (χ1v) is 10.8. The van der Waals surface area contributed by atoms with Crippen molar-refractivity contribution >= 4 is 44.6 Å². The highest BCUT2D eigenvalue weighted by Crippen LogP contribution is 2.38. The normalized spacial score (nSPS) is 11.3. The van der Waals surface area contributed by atoms with E-state index in [-0.39, 0.29) is 26.8 Å². The molecule has 0 fully saturated rings. The third-order valence-corrected chi connectivity index (χ3v) is 6.88. The predicted octanol–water partition coefficient (Wildman–Crippen LogP) is 5.40. The third-order valence-electron chi connectivity index (χ3n) is 4.44. The van der Waals surface area contributed by atoms with Crippen molar-refractivity contribution in [3.63, 3.8) is 0 Å². The van der Waals surface area contributed by atoms with Crippen LogP contribution in [-0.2, 0) is 9.84 Å². The van der Waals surface area contributed by atoms with E-state index in [1.807, 2.05) is 0 Å². The minimum Gasteiger partial charge on any atom is -0.506 e. The van der Waals surface area contributed by atoms with Crippen LogP contribution in [0.2, 0.25) is 10.0 Å². The number of amides is 1. The molecule has 2 N–H and O–H groups in total. The molecule has 0 atom stereocenters. The van der Waals surface area contributed by atoms with Crippen molar-refractivity contribution < 1.29 is 18.3 Å². The van der Waals surface area contributed by atoms with Crippen LogP contribution in [0.15, 0.2) is 64.4 Å². The number of halogens is 2. The molecule has 29 heavy (non-hydrogen) atoms. The third kappa shape index (κ3) is 4.24. The van der Waals surface area contributed by atoms with E-state index in [1.54, 1.807) is 31.2 Å². The van der Waals surface area contributed by atoms with Crippen LogP contribution in [-0.4, -0.2) is 19.4 Å². The molecule has 0 aliphatic rings. The number of sulfone groups is 1. The highest BCUT2D eigenvalue weighted by molar-refractivity contribution is 7.91. The van der Waals surface area contributed by atoms with Crippen LogP contribution in [0.1, 0.15) is 21.5 Å². The van der Waals surface area contributed by atoms with Crippen LogP contribution in [0, 0.1) is 13.8 Å². The van der Waals surface area contributed by atoms with Gasteiger partial charge in [-0.1, -0.05) is 23.2 Å². The van der Waals surface area contributed by atoms with Crippen LogP contribution >= 0.6 is 23.2 Å². The molecule has 8 heteroatoms. The monoisotopic (exact) mass is 449 g/mol. The van der Waals surface area contributed by atoms with Gasteiger partial charge in [0.15, 0.2) is 0 Å². The number of phenolic OH excluding ortho intramolecular Hbond substituents is 1. The molecule has 0 saturated carbocycles. The number of benzene rings is 3. The van der Waals surface area contributed by atoms with Crippen LogP contribution in [0.5, 0.6) is 5.75 Å². The van der Waals surface area contributed by atoms with Crippen molar-refractivity contribution in [2.75, 3.05) is 5.32 Å². The Bertz CT molecular complexity index is 1190. The fourth-order valence-corrected chi connectivity index (χ4v) is 4.77. The maximum atomic E-state index is 13.2. The maximum Gasteiger partial charge on any atom is 0.255 e. The first-order valence-electron chi connectivity index (χ1n) is 8.52. The number of hydrogen-bond acceptors (Lipinski definition) is 4. The molecule has 0 heterocycles. The standard InChI is InChI=1S/C21H17Cl2NO4S/c1-12-11-18(24-21(26)14-3-5-15(22)6-4-14)13(2)20(19(12)25)29(27,28)17-9-7-16(23)8-10-17/h3-11,25H,1-2H3,(H,24,26). The van der Waals surface area contributed by atoms with Crippen molar-refractivity contribution in [1.82, 2.24) is 0 Å². The van der Waals surface area contributed by atoms with E-state index < -0.39 is 15.7 Å². The first-order chi connectivity index (χ1) is 13.6. The summed E-state index contributed by atoms with van der Waals surface area (Å²) in [5.41, 5.74) is 1.19. The second kappa shape index (κ2) is 8.06. The summed E-state index contributed by atoms with van der Waals surface area (Å²) in [7, 11) is -4.05. The summed E-state index contributed by atoms with van der Waals surface area (Å²) in [6, 6.07) is 13.5. The lowest BCUT2D eigenvalue weighted by Gasteiger charge is -2.17. The molecule has 3 rings (SSSR count). The van der Waals surface area contributed by atoms with Crippen LogP contribution < -0.4 is 5.32 Å². The van der Waals surface area contributed by atoms with E-state index in [1.165, 1.54) is 37.3 Å². The lowest BCUT2D eigenvalue weighted by Crippen LogP contribution is -2.15. The number of hydrogen-bond donors (Lipinski definition) is 2. The zero-order valence-corrected chi connectivity index (χ0v) is 17.9. The van der Waals surface area contributed by atoms with Gasteiger partial charge in [-0.3, -0.25) is 4.79 Å². The Morgan fingerprint density at radius 1 is 0.931 bits per heavy atom. The Labute approximate surface area is 178 Å². The zero-order chi connectivity index (χ0) is 21.3. The number of carbonyl (C=O) groups is 1. The lowest BCUT2D eigenvalue weighted by atomic mass is 10.1. The summed E-state index contributed by atoms with van der Waals surface area (Å²) in [6.45, 7) is 3.09. The van der Waals surface area contributed by atoms with Crippen LogP contribution in [0.25, 0.3) is 0 Å². The van der Waals surface area contributed by atoms with Crippen molar-refractivity contribution in [3.8, 4) is 5.75 Å². The molecule has 0 saturated heterocycles. The van der Waals surface area contributed by atoms with Crippen molar-refractivity contribution in [3.05, 3.63) is 81.3 Å². The average molecular weight is 450 g/mol. The molecule has 0 aromatic heterocycles. The molecule has 3 aromatic carbocycles. The number of rotatable bonds is 4. The minimum absolute atomic E-state index is 0.0131. The van der Waals surface area contributed by atoms with Gasteiger partial charge >= 0.3 is 0 Å². The minimum atomic E-state index is -4.05. The SMILES string of the molecule is Cc1cc(NC(=O)c2ccc(Cl)cc2)c(C)c(S(=O)(=O)c2ccc(Cl)cc2)c1O. The smallest absolute Gasteiger partial charge is 0.255 e. The second-order valence-corrected chi connectivity index (χ2v) is 9.22. The summed E-state index contributed by atoms with van der Waals surface area (Å²) < 4.78 is 26.3. The van der Waals surface area contributed by atoms with Gasteiger partial charge in [0, 0.05) is 21.3 Å². The maximum absolute atomic E-state index is 13.2. The summed E-state index contributed by atoms with van der Waals surface area (Å²) >= 11 is 11.7. The molecule has 0 bridgehead atoms. The van der Waals surface area contributed by atoms with Crippen LogP contribution in [0.3, 0.4) is 0 Å². The Morgan fingerprint density at radius 2 is 1.45 bits per heavy atom. The zero-order valence-electron chi connectivity index (χ0n) is 15.5. The van der Waals surface area contributed by atoms with Gasteiger partial charge in [0.2, 0.25) is 9.84 Å². The van der Waals surface area contributed by atoms with E-state index in [0.717, 1.165) is 0 Å². The van der Waals surface area contributed by atoms with Gasteiger partial charge in [0.1, 0.15) is 10.6 Å². The quantitative estimate of drug-likeness (QED) is 0.522. The van der Waals surface area contributed by atoms with Gasteiger partial charge in [-0.05, 0) is 79.6 Å². The van der Waals surface area contributed by atoms with E-state index in [0.29, 0.717) is 21.2 Å². The number of phenols is 1. The largest absolute Gasteiger partial charge is 0.506 e. The summed E-state index contributed by atoms with van der Waals surface area (Å²) in [4.78, 5) is 12.3. The summed E-state index contributed by atoms with van der Waals surface area (Å²) in [6.07, 6.45) is 0. The molecule has 0 aliphatic heterocycles. The number of nitrogens with one attached hydrogen (secondary N) is 1. The van der Waals surface area contributed by atoms with Gasteiger partial charge in [0.25, 0.3) is 5.91 Å². The molecule has 3 aromatic rings. The molecule has 0 spiro atoms. The second-order valence-electron chi connectivity index (χ2n) is 6.46. The Kier molecular flexibility index (Phi) is 5.89. The molecule has 1 amide bonds. The van der Waals surface area contributed by atoms with Crippen molar-refractivity contribution in [1.29, 1.82) is 0 Å². The number of anilines is 1. The molecule has 0 unspecified atom stereocenters. The van der Waals surface area contributed by atoms with E-state index in [9.17, 15) is 18.3 Å². The number of aryl methyl sites for hydroxylation is 1. The van der Waals surface area contributed by atoms with Gasteiger partial charge in [-0.25, -0.2) is 8.42 Å². The Balaban J connectivity index is 2.08. The molecule has 5 nitrogen and oxygen atoms in total. The van der Waals surface area contributed by atoms with Crippen molar-refractivity contribution in [2.45, 2.75) is 23.6 Å². The van der Waals surface area contributed by atoms with Gasteiger partial charge < -0.3 is 10.4 Å². The molecule has 150 valence electrons. The highest BCUT2D eigenvalue weighted by Gasteiger charge is 2.27. The molecular formula is C21H17Cl2NO4S. The van der Waals surface area contributed by atoms with Gasteiger partial charge in [-0.15, -0.1) is 0 Å². The van der Waals surface area contributed by atoms with E-state index >= 15 is 0 Å². The fourth-order valence-electron chi connectivity index (χ4n) is 2.86. The highest BCUT2D eigenvalue weighted by atomic mass is 35.5. The predicted molar refractivity (Wildman–Crippen MR) is 114 cm³/mol. The van der Waals surface area contributed by atoms with Crippen LogP contribution in [0.4, 0.5) is 5.69 Å². The fraction of sp³-hybridized carbons (Fsp3) is 0.0952. The Morgan fingerprint density at radius 3 is 2.00 bits per heavy atom. The molecular weight excluding hydrogens is 433 g/mol. The summed E-state index contributed by atoms with van der Waals surface area (Å²) in [5, 5.41) is 14.1. The topological polar surface area (TPSA) is 83.5 Å². The van der Waals surface area contributed by atoms with E-state index in [2.05, 4.69) is 5.32 Å². The first kappa shape index (κ1) is 21.2. The van der Waals surface area contributed by atoms with Crippen molar-refractivity contribution in [2.24, 2.45) is 0 Å². The summed E-state index contributed by atoms with van der Waals surface area (Å²) in [5.74, 6) is -0.786. The van der Waals surface area contributed by atoms with Gasteiger partial charge in [0.05, 0.1) is 4.90 Å². The number of carbonyl (C=O) groups excluding carboxylic acids is 1. The molecule has 0 aliphatic carbocycles. The average Bonchev–Trinajstić information content (AvgIpc) is 2.67. The van der Waals surface area contributed by atoms with E-state index in [4.69, 9.17) is 23.2 Å².